The van der Waals surface area contributed by atoms with Crippen molar-refractivity contribution >= 4 is 27.3 Å². The number of primary sulfonamides is 1. The quantitative estimate of drug-likeness (QED) is 0.629. The molecule has 82 valence electrons. The average molecular weight is 251 g/mol. The molecule has 2 N–H and O–H groups in total. The van der Waals surface area contributed by atoms with Gasteiger partial charge in [0, 0.05) is 0 Å². The van der Waals surface area contributed by atoms with E-state index in [2.05, 4.69) is 0 Å². The predicted octanol–water partition coefficient (Wildman–Crippen LogP) is 1.20. The first-order valence-electron chi connectivity index (χ1n) is 3.71. The molecule has 1 rings (SSSR count). The van der Waals surface area contributed by atoms with E-state index in [1.165, 1.54) is 13.0 Å². The van der Waals surface area contributed by atoms with Crippen molar-refractivity contribution in [3.63, 3.8) is 0 Å². The van der Waals surface area contributed by atoms with Gasteiger partial charge in [-0.25, -0.2) is 13.6 Å². The van der Waals surface area contributed by atoms with Gasteiger partial charge in [0.05, 0.1) is 4.92 Å². The van der Waals surface area contributed by atoms with Gasteiger partial charge in [-0.3, -0.25) is 10.1 Å². The lowest BCUT2D eigenvalue weighted by Gasteiger charge is -2.03. The molecule has 0 amide bonds. The van der Waals surface area contributed by atoms with E-state index >= 15 is 0 Å². The highest BCUT2D eigenvalue weighted by Crippen LogP contribution is 2.33. The molecule has 0 fully saturated rings. The normalized spacial score (nSPS) is 11.4. The van der Waals surface area contributed by atoms with Gasteiger partial charge in [0.2, 0.25) is 10.0 Å². The number of nitrogens with zero attached hydrogens (tertiary/aromatic N) is 1. The fourth-order valence-corrected chi connectivity index (χ4v) is 2.04. The van der Waals surface area contributed by atoms with Crippen LogP contribution in [-0.4, -0.2) is 13.3 Å². The molecule has 0 saturated carbocycles. The van der Waals surface area contributed by atoms with Gasteiger partial charge in [-0.05, 0) is 18.6 Å². The van der Waals surface area contributed by atoms with Crippen LogP contribution in [0.4, 0.5) is 5.69 Å². The van der Waals surface area contributed by atoms with Gasteiger partial charge in [0.1, 0.15) is 5.02 Å². The van der Waals surface area contributed by atoms with Gasteiger partial charge >= 0.3 is 5.69 Å². The molecule has 1 aromatic rings. The van der Waals surface area contributed by atoms with Crippen LogP contribution in [0.1, 0.15) is 5.56 Å². The van der Waals surface area contributed by atoms with Crippen LogP contribution in [0.15, 0.2) is 17.0 Å². The van der Waals surface area contributed by atoms with Gasteiger partial charge in [-0.1, -0.05) is 17.7 Å². The summed E-state index contributed by atoms with van der Waals surface area (Å²) in [4.78, 5) is 9.20. The van der Waals surface area contributed by atoms with Crippen LogP contribution in [0.25, 0.3) is 0 Å². The zero-order chi connectivity index (χ0) is 11.8. The topological polar surface area (TPSA) is 103 Å². The number of halogens is 1. The second-order valence-corrected chi connectivity index (χ2v) is 4.75. The molecular formula is C7H7ClN2O4S. The molecule has 0 aliphatic carbocycles. The third-order valence-corrected chi connectivity index (χ3v) is 3.18. The van der Waals surface area contributed by atoms with Crippen LogP contribution in [0.2, 0.25) is 5.02 Å². The number of nitro groups is 1. The summed E-state index contributed by atoms with van der Waals surface area (Å²) in [6.07, 6.45) is 0. The average Bonchev–Trinajstić information content (AvgIpc) is 2.06. The third-order valence-electron chi connectivity index (χ3n) is 1.76. The summed E-state index contributed by atoms with van der Waals surface area (Å²) < 4.78 is 22.1. The molecule has 0 aliphatic rings. The first kappa shape index (κ1) is 11.9. The Hall–Kier alpha value is -1.18. The van der Waals surface area contributed by atoms with Crippen molar-refractivity contribution in [3.8, 4) is 0 Å². The highest BCUT2D eigenvalue weighted by molar-refractivity contribution is 7.89. The van der Waals surface area contributed by atoms with Crippen molar-refractivity contribution < 1.29 is 13.3 Å². The van der Waals surface area contributed by atoms with E-state index in [-0.39, 0.29) is 5.02 Å². The fourth-order valence-electron chi connectivity index (χ4n) is 1.05. The van der Waals surface area contributed by atoms with Crippen molar-refractivity contribution in [2.45, 2.75) is 11.8 Å². The van der Waals surface area contributed by atoms with Gasteiger partial charge in [0.25, 0.3) is 0 Å². The van der Waals surface area contributed by atoms with Crippen LogP contribution in [0.5, 0.6) is 0 Å². The molecule has 0 heterocycles. The van der Waals surface area contributed by atoms with Crippen molar-refractivity contribution in [2.24, 2.45) is 5.14 Å². The van der Waals surface area contributed by atoms with Crippen molar-refractivity contribution in [1.29, 1.82) is 0 Å². The molecule has 0 atom stereocenters. The number of sulfonamides is 1. The molecular weight excluding hydrogens is 244 g/mol. The highest BCUT2D eigenvalue weighted by Gasteiger charge is 2.27. The van der Waals surface area contributed by atoms with E-state index < -0.39 is 25.5 Å². The maximum Gasteiger partial charge on any atom is 0.308 e. The largest absolute Gasteiger partial charge is 0.308 e. The number of hydrogen-bond donors (Lipinski definition) is 1. The highest BCUT2D eigenvalue weighted by atomic mass is 35.5. The van der Waals surface area contributed by atoms with Gasteiger partial charge < -0.3 is 0 Å². The van der Waals surface area contributed by atoms with E-state index in [0.717, 1.165) is 6.07 Å². The molecule has 0 saturated heterocycles. The zero-order valence-corrected chi connectivity index (χ0v) is 9.17. The number of hydrogen-bond acceptors (Lipinski definition) is 4. The van der Waals surface area contributed by atoms with Crippen LogP contribution >= 0.6 is 11.6 Å². The second-order valence-electron chi connectivity index (χ2n) is 2.85. The molecule has 0 unspecified atom stereocenters. The van der Waals surface area contributed by atoms with Gasteiger partial charge in [-0.15, -0.1) is 0 Å². The molecule has 0 aliphatic heterocycles. The number of nitrogens with two attached hydrogens (primary N) is 1. The summed E-state index contributed by atoms with van der Waals surface area (Å²) in [5.41, 5.74) is -0.269. The molecule has 8 heteroatoms. The van der Waals surface area contributed by atoms with Crippen molar-refractivity contribution in [3.05, 3.63) is 32.8 Å². The Balaban J connectivity index is 3.70. The zero-order valence-electron chi connectivity index (χ0n) is 7.60. The Kier molecular flexibility index (Phi) is 2.98. The van der Waals surface area contributed by atoms with E-state index in [1.54, 1.807) is 0 Å². The van der Waals surface area contributed by atoms with E-state index in [0.29, 0.717) is 5.56 Å². The SMILES string of the molecule is Cc1ccc(S(N)(=O)=O)c([N+](=O)[O-])c1Cl. The number of benzene rings is 1. The van der Waals surface area contributed by atoms with Crippen LogP contribution in [-0.2, 0) is 10.0 Å². The Morgan fingerprint density at radius 2 is 2.00 bits per heavy atom. The van der Waals surface area contributed by atoms with Crippen LogP contribution in [0.3, 0.4) is 0 Å². The molecule has 1 aromatic carbocycles. The van der Waals surface area contributed by atoms with Crippen LogP contribution in [0, 0.1) is 17.0 Å². The lowest BCUT2D eigenvalue weighted by molar-refractivity contribution is -0.387. The summed E-state index contributed by atoms with van der Waals surface area (Å²) >= 11 is 5.64. The maximum atomic E-state index is 11.0. The van der Waals surface area contributed by atoms with Gasteiger partial charge in [-0.2, -0.15) is 0 Å². The molecule has 6 nitrogen and oxygen atoms in total. The monoisotopic (exact) mass is 250 g/mol. The maximum absolute atomic E-state index is 11.0. The fraction of sp³-hybridized carbons (Fsp3) is 0.143. The van der Waals surface area contributed by atoms with Gasteiger partial charge in [0.15, 0.2) is 4.90 Å². The standard InChI is InChI=1S/C7H7ClN2O4S/c1-4-2-3-5(15(9,13)14)7(6(4)8)10(11)12/h2-3H,1H3,(H2,9,13,14). The molecule has 15 heavy (non-hydrogen) atoms. The minimum Gasteiger partial charge on any atom is -0.258 e. The Bertz CT molecular complexity index is 526. The Morgan fingerprint density at radius 3 is 2.40 bits per heavy atom. The minimum absolute atomic E-state index is 0.216. The summed E-state index contributed by atoms with van der Waals surface area (Å²) in [5, 5.41) is 15.2. The molecule has 0 radical (unpaired) electrons. The minimum atomic E-state index is -4.14. The first-order valence-corrected chi connectivity index (χ1v) is 5.64. The number of nitro benzene ring substituents is 1. The third kappa shape index (κ3) is 2.25. The van der Waals surface area contributed by atoms with Crippen molar-refractivity contribution in [2.75, 3.05) is 0 Å². The smallest absolute Gasteiger partial charge is 0.258 e. The number of rotatable bonds is 2. The first-order chi connectivity index (χ1) is 6.75. The molecule has 0 aromatic heterocycles. The summed E-state index contributed by atoms with van der Waals surface area (Å²) in [6, 6.07) is 2.42. The van der Waals surface area contributed by atoms with E-state index in [4.69, 9.17) is 16.7 Å². The predicted molar refractivity (Wildman–Crippen MR) is 54.2 cm³/mol. The van der Waals surface area contributed by atoms with E-state index in [1.807, 2.05) is 0 Å². The van der Waals surface area contributed by atoms with E-state index in [9.17, 15) is 18.5 Å². The lowest BCUT2D eigenvalue weighted by atomic mass is 10.2. The summed E-state index contributed by atoms with van der Waals surface area (Å²) in [7, 11) is -4.14. The van der Waals surface area contributed by atoms with Crippen LogP contribution < -0.4 is 5.14 Å². The van der Waals surface area contributed by atoms with Crippen molar-refractivity contribution in [1.82, 2.24) is 0 Å². The Morgan fingerprint density at radius 1 is 1.47 bits per heavy atom. The second kappa shape index (κ2) is 3.76. The lowest BCUT2D eigenvalue weighted by Crippen LogP contribution is -2.14. The summed E-state index contributed by atoms with van der Waals surface area (Å²) in [5.74, 6) is 0. The summed E-state index contributed by atoms with van der Waals surface area (Å²) in [6.45, 7) is 1.53. The molecule has 0 bridgehead atoms. The molecule has 0 spiro atoms. The number of aryl methyl sites for hydroxylation is 1. The Labute approximate surface area is 90.9 Å².